The van der Waals surface area contributed by atoms with Gasteiger partial charge >= 0.3 is 0 Å². The second kappa shape index (κ2) is 6.80. The lowest BCUT2D eigenvalue weighted by Gasteiger charge is -2.27. The Bertz CT molecular complexity index is 973. The molecule has 0 atom stereocenters. The zero-order valence-electron chi connectivity index (χ0n) is 14.8. The monoisotopic (exact) mass is 355 g/mol. The highest BCUT2D eigenvalue weighted by molar-refractivity contribution is 7.18. The molecule has 0 bridgehead atoms. The number of hydrogen-bond acceptors (Lipinski definition) is 4. The highest BCUT2D eigenvalue weighted by Gasteiger charge is 2.21. The Morgan fingerprint density at radius 1 is 1.24 bits per heavy atom. The molecular formula is C19H21N3O2S. The van der Waals surface area contributed by atoms with Crippen molar-refractivity contribution in [2.75, 3.05) is 4.90 Å². The fourth-order valence-electron chi connectivity index (χ4n) is 2.92. The van der Waals surface area contributed by atoms with Gasteiger partial charge in [0.05, 0.1) is 11.7 Å². The molecule has 0 radical (unpaired) electrons. The van der Waals surface area contributed by atoms with Crippen molar-refractivity contribution in [2.45, 2.75) is 40.3 Å². The second-order valence-electron chi connectivity index (χ2n) is 6.33. The number of thiophene rings is 1. The zero-order chi connectivity index (χ0) is 18.1. The standard InChI is InChI=1S/C19H21N3O2S/c1-12(2)22(15-8-6-5-7-9-15)16(23)10-21-11-20-18-17(19(21)24)13(3)14(4)25-18/h5-9,11-12H,10H2,1-4H3. The Morgan fingerprint density at radius 2 is 1.92 bits per heavy atom. The molecule has 2 heterocycles. The lowest BCUT2D eigenvalue weighted by molar-refractivity contribution is -0.119. The van der Waals surface area contributed by atoms with Gasteiger partial charge in [-0.3, -0.25) is 14.2 Å². The highest BCUT2D eigenvalue weighted by Crippen LogP contribution is 2.25. The predicted octanol–water partition coefficient (Wildman–Crippen LogP) is 3.52. The average molecular weight is 355 g/mol. The molecule has 130 valence electrons. The lowest BCUT2D eigenvalue weighted by atomic mass is 10.2. The quantitative estimate of drug-likeness (QED) is 0.719. The van der Waals surface area contributed by atoms with Crippen LogP contribution in [0.25, 0.3) is 10.2 Å². The molecule has 0 aliphatic heterocycles. The van der Waals surface area contributed by atoms with Gasteiger partial charge in [-0.2, -0.15) is 0 Å². The summed E-state index contributed by atoms with van der Waals surface area (Å²) in [5, 5.41) is 0.619. The van der Waals surface area contributed by atoms with E-state index in [-0.39, 0.29) is 24.1 Å². The largest absolute Gasteiger partial charge is 0.308 e. The molecule has 3 rings (SSSR count). The molecule has 0 spiro atoms. The molecule has 3 aromatic rings. The molecule has 5 nitrogen and oxygen atoms in total. The van der Waals surface area contributed by atoms with E-state index in [1.807, 2.05) is 58.0 Å². The van der Waals surface area contributed by atoms with Crippen LogP contribution in [-0.2, 0) is 11.3 Å². The fourth-order valence-corrected chi connectivity index (χ4v) is 3.91. The van der Waals surface area contributed by atoms with Crippen molar-refractivity contribution in [1.82, 2.24) is 9.55 Å². The van der Waals surface area contributed by atoms with E-state index in [4.69, 9.17) is 0 Å². The van der Waals surface area contributed by atoms with Crippen molar-refractivity contribution in [3.8, 4) is 0 Å². The van der Waals surface area contributed by atoms with Crippen LogP contribution in [-0.4, -0.2) is 21.5 Å². The van der Waals surface area contributed by atoms with Gasteiger partial charge in [-0.1, -0.05) is 18.2 Å². The Kier molecular flexibility index (Phi) is 4.72. The summed E-state index contributed by atoms with van der Waals surface area (Å²) in [7, 11) is 0. The van der Waals surface area contributed by atoms with Gasteiger partial charge in [0, 0.05) is 16.6 Å². The first-order valence-electron chi connectivity index (χ1n) is 8.22. The minimum absolute atomic E-state index is 0.00702. The van der Waals surface area contributed by atoms with Crippen LogP contribution < -0.4 is 10.5 Å². The van der Waals surface area contributed by atoms with Crippen LogP contribution in [0.5, 0.6) is 0 Å². The van der Waals surface area contributed by atoms with Crippen LogP contribution in [0, 0.1) is 13.8 Å². The number of carbonyl (C=O) groups is 1. The molecule has 0 aliphatic rings. The molecule has 0 aliphatic carbocycles. The van der Waals surface area contributed by atoms with Crippen LogP contribution in [0.15, 0.2) is 41.5 Å². The predicted molar refractivity (Wildman–Crippen MR) is 102 cm³/mol. The highest BCUT2D eigenvalue weighted by atomic mass is 32.1. The summed E-state index contributed by atoms with van der Waals surface area (Å²) < 4.78 is 1.40. The number of anilines is 1. The van der Waals surface area contributed by atoms with E-state index in [0.717, 1.165) is 21.0 Å². The summed E-state index contributed by atoms with van der Waals surface area (Å²) in [6.45, 7) is 7.80. The van der Waals surface area contributed by atoms with E-state index in [1.165, 1.54) is 22.2 Å². The summed E-state index contributed by atoms with van der Waals surface area (Å²) in [5.41, 5.74) is 1.62. The molecule has 6 heteroatoms. The summed E-state index contributed by atoms with van der Waals surface area (Å²) >= 11 is 1.51. The molecule has 2 aromatic heterocycles. The molecule has 1 aromatic carbocycles. The molecule has 0 saturated carbocycles. The van der Waals surface area contributed by atoms with Gasteiger partial charge in [-0.25, -0.2) is 4.98 Å². The molecule has 0 fully saturated rings. The van der Waals surface area contributed by atoms with E-state index in [2.05, 4.69) is 4.98 Å². The number of para-hydroxylation sites is 1. The maximum atomic E-state index is 12.9. The summed E-state index contributed by atoms with van der Waals surface area (Å²) in [6, 6.07) is 9.50. The molecule has 25 heavy (non-hydrogen) atoms. The number of hydrogen-bond donors (Lipinski definition) is 0. The van der Waals surface area contributed by atoms with Crippen molar-refractivity contribution >= 4 is 33.1 Å². The van der Waals surface area contributed by atoms with Crippen LogP contribution in [0.3, 0.4) is 0 Å². The third-order valence-electron chi connectivity index (χ3n) is 4.28. The van der Waals surface area contributed by atoms with Gasteiger partial charge in [-0.15, -0.1) is 11.3 Å². The zero-order valence-corrected chi connectivity index (χ0v) is 15.6. The number of fused-ring (bicyclic) bond motifs is 1. The molecule has 0 saturated heterocycles. The number of carbonyl (C=O) groups excluding carboxylic acids is 1. The fraction of sp³-hybridized carbons (Fsp3) is 0.316. The SMILES string of the molecule is Cc1sc2ncn(CC(=O)N(c3ccccc3)C(C)C)c(=O)c2c1C. The summed E-state index contributed by atoms with van der Waals surface area (Å²) in [6.07, 6.45) is 1.47. The molecule has 0 unspecified atom stereocenters. The molecular weight excluding hydrogens is 334 g/mol. The third kappa shape index (κ3) is 3.22. The summed E-state index contributed by atoms with van der Waals surface area (Å²) in [5.74, 6) is -0.131. The minimum Gasteiger partial charge on any atom is -0.308 e. The van der Waals surface area contributed by atoms with Crippen LogP contribution >= 0.6 is 11.3 Å². The Balaban J connectivity index is 1.97. The van der Waals surface area contributed by atoms with E-state index in [1.54, 1.807) is 4.90 Å². The van der Waals surface area contributed by atoms with Gasteiger partial charge in [0.25, 0.3) is 5.56 Å². The number of nitrogens with zero attached hydrogens (tertiary/aromatic N) is 3. The Labute approximate surface area is 150 Å². The number of aromatic nitrogens is 2. The third-order valence-corrected chi connectivity index (χ3v) is 5.40. The number of rotatable bonds is 4. The maximum Gasteiger partial charge on any atom is 0.262 e. The maximum absolute atomic E-state index is 12.9. The van der Waals surface area contributed by atoms with E-state index < -0.39 is 0 Å². The molecule has 1 amide bonds. The van der Waals surface area contributed by atoms with Crippen molar-refractivity contribution in [2.24, 2.45) is 0 Å². The second-order valence-corrected chi connectivity index (χ2v) is 7.54. The van der Waals surface area contributed by atoms with Crippen molar-refractivity contribution in [3.63, 3.8) is 0 Å². The van der Waals surface area contributed by atoms with E-state index >= 15 is 0 Å². The van der Waals surface area contributed by atoms with Gasteiger partial charge in [0.15, 0.2) is 0 Å². The first kappa shape index (κ1) is 17.4. The topological polar surface area (TPSA) is 55.2 Å². The van der Waals surface area contributed by atoms with Gasteiger partial charge in [0.1, 0.15) is 11.4 Å². The van der Waals surface area contributed by atoms with Crippen LogP contribution in [0.2, 0.25) is 0 Å². The van der Waals surface area contributed by atoms with Gasteiger partial charge in [0.2, 0.25) is 5.91 Å². The molecule has 0 N–H and O–H groups in total. The number of amides is 1. The number of benzene rings is 1. The minimum atomic E-state index is -0.156. The first-order chi connectivity index (χ1) is 11.9. The van der Waals surface area contributed by atoms with Crippen molar-refractivity contribution in [1.29, 1.82) is 0 Å². The van der Waals surface area contributed by atoms with Crippen molar-refractivity contribution < 1.29 is 4.79 Å². The van der Waals surface area contributed by atoms with Crippen molar-refractivity contribution in [3.05, 3.63) is 57.5 Å². The summed E-state index contributed by atoms with van der Waals surface area (Å²) in [4.78, 5) is 33.5. The first-order valence-corrected chi connectivity index (χ1v) is 9.04. The number of aryl methyl sites for hydroxylation is 2. The van der Waals surface area contributed by atoms with Crippen LogP contribution in [0.1, 0.15) is 24.3 Å². The van der Waals surface area contributed by atoms with Crippen LogP contribution in [0.4, 0.5) is 5.69 Å². The Hall–Kier alpha value is -2.47. The lowest BCUT2D eigenvalue weighted by Crippen LogP contribution is -2.41. The van der Waals surface area contributed by atoms with E-state index in [0.29, 0.717) is 5.39 Å². The van der Waals surface area contributed by atoms with Gasteiger partial charge < -0.3 is 4.90 Å². The van der Waals surface area contributed by atoms with Gasteiger partial charge in [-0.05, 0) is 45.4 Å². The smallest absolute Gasteiger partial charge is 0.262 e. The average Bonchev–Trinajstić information content (AvgIpc) is 2.86. The normalized spacial score (nSPS) is 11.2. The van der Waals surface area contributed by atoms with E-state index in [9.17, 15) is 9.59 Å². The Morgan fingerprint density at radius 3 is 2.56 bits per heavy atom.